The lowest BCUT2D eigenvalue weighted by atomic mass is 10.0. The van der Waals surface area contributed by atoms with Crippen molar-refractivity contribution in [3.8, 4) is 5.75 Å². The van der Waals surface area contributed by atoms with Crippen molar-refractivity contribution in [3.05, 3.63) is 60.2 Å². The van der Waals surface area contributed by atoms with Gasteiger partial charge in [-0.1, -0.05) is 41.6 Å². The fraction of sp³-hybridized carbons (Fsp3) is 0.188. The number of hydrogen-bond donors (Lipinski definition) is 2. The molecular formula is C16H18N2O2S. The predicted octanol–water partition coefficient (Wildman–Crippen LogP) is 3.32. The molecule has 2 aromatic rings. The highest BCUT2D eigenvalue weighted by atomic mass is 32.2. The molecule has 0 aliphatic heterocycles. The minimum absolute atomic E-state index is 0.132. The summed E-state index contributed by atoms with van der Waals surface area (Å²) in [5.74, 6) is 1.59. The number of benzene rings is 2. The standard InChI is InChI=1S/C16H18N2O2S/c1-20-13-8-5-9-14(10-13)21-11-15(16(17)18-19)12-6-3-2-4-7-12/h2-10,15,19H,11H2,1H3,(H2,17,18). The third kappa shape index (κ3) is 4.16. The van der Waals surface area contributed by atoms with Crippen LogP contribution in [0.4, 0.5) is 0 Å². The van der Waals surface area contributed by atoms with Crippen LogP contribution in [0.1, 0.15) is 11.5 Å². The normalized spacial score (nSPS) is 12.9. The number of nitrogens with zero attached hydrogens (tertiary/aromatic N) is 1. The molecule has 0 fully saturated rings. The van der Waals surface area contributed by atoms with Gasteiger partial charge in [0.25, 0.3) is 0 Å². The number of nitrogens with two attached hydrogens (primary N) is 1. The van der Waals surface area contributed by atoms with Gasteiger partial charge in [-0.25, -0.2) is 0 Å². The smallest absolute Gasteiger partial charge is 0.147 e. The van der Waals surface area contributed by atoms with Crippen LogP contribution in [0, 0.1) is 0 Å². The molecule has 0 aliphatic rings. The van der Waals surface area contributed by atoms with Crippen molar-refractivity contribution in [2.24, 2.45) is 10.9 Å². The fourth-order valence-corrected chi connectivity index (χ4v) is 3.07. The topological polar surface area (TPSA) is 67.8 Å². The number of thioether (sulfide) groups is 1. The van der Waals surface area contributed by atoms with E-state index in [4.69, 9.17) is 15.7 Å². The summed E-state index contributed by atoms with van der Waals surface area (Å²) in [5.41, 5.74) is 6.86. The first-order valence-corrected chi connectivity index (χ1v) is 7.52. The van der Waals surface area contributed by atoms with Crippen molar-refractivity contribution < 1.29 is 9.94 Å². The molecule has 110 valence electrons. The van der Waals surface area contributed by atoms with Crippen molar-refractivity contribution in [2.75, 3.05) is 12.9 Å². The zero-order chi connectivity index (χ0) is 15.1. The summed E-state index contributed by atoms with van der Waals surface area (Å²) >= 11 is 1.64. The SMILES string of the molecule is COc1cccc(SCC(C(N)=NO)c2ccccc2)c1. The first-order chi connectivity index (χ1) is 10.2. The Morgan fingerprint density at radius 3 is 2.67 bits per heavy atom. The van der Waals surface area contributed by atoms with Gasteiger partial charge in [0.05, 0.1) is 13.0 Å². The minimum Gasteiger partial charge on any atom is -0.497 e. The highest BCUT2D eigenvalue weighted by Crippen LogP contribution is 2.28. The largest absolute Gasteiger partial charge is 0.497 e. The second-order valence-corrected chi connectivity index (χ2v) is 5.57. The van der Waals surface area contributed by atoms with E-state index in [1.165, 1.54) is 0 Å². The van der Waals surface area contributed by atoms with Crippen molar-refractivity contribution in [2.45, 2.75) is 10.8 Å². The number of methoxy groups -OCH3 is 1. The first-order valence-electron chi connectivity index (χ1n) is 6.54. The Hall–Kier alpha value is -2.14. The molecule has 5 heteroatoms. The van der Waals surface area contributed by atoms with Crippen LogP contribution in [0.3, 0.4) is 0 Å². The summed E-state index contributed by atoms with van der Waals surface area (Å²) in [7, 11) is 1.65. The number of ether oxygens (including phenoxy) is 1. The van der Waals surface area contributed by atoms with Gasteiger partial charge in [0.15, 0.2) is 0 Å². The molecular weight excluding hydrogens is 284 g/mol. The third-order valence-corrected chi connectivity index (χ3v) is 4.22. The molecule has 21 heavy (non-hydrogen) atoms. The van der Waals surface area contributed by atoms with Crippen LogP contribution >= 0.6 is 11.8 Å². The molecule has 0 aromatic heterocycles. The van der Waals surface area contributed by atoms with Gasteiger partial charge in [0, 0.05) is 10.6 Å². The molecule has 0 aliphatic carbocycles. The molecule has 0 bridgehead atoms. The third-order valence-electron chi connectivity index (χ3n) is 3.13. The van der Waals surface area contributed by atoms with Gasteiger partial charge >= 0.3 is 0 Å². The Balaban J connectivity index is 2.13. The van der Waals surface area contributed by atoms with E-state index in [1.807, 2.05) is 54.6 Å². The maximum Gasteiger partial charge on any atom is 0.147 e. The lowest BCUT2D eigenvalue weighted by Crippen LogP contribution is -2.23. The van der Waals surface area contributed by atoms with Gasteiger partial charge in [0.2, 0.25) is 0 Å². The Morgan fingerprint density at radius 2 is 2.00 bits per heavy atom. The molecule has 2 aromatic carbocycles. The fourth-order valence-electron chi connectivity index (χ4n) is 1.98. The lowest BCUT2D eigenvalue weighted by molar-refractivity contribution is 0.316. The van der Waals surface area contributed by atoms with E-state index < -0.39 is 0 Å². The summed E-state index contributed by atoms with van der Waals surface area (Å²) in [4.78, 5) is 1.08. The number of rotatable bonds is 6. The van der Waals surface area contributed by atoms with Crippen molar-refractivity contribution in [1.29, 1.82) is 0 Å². The van der Waals surface area contributed by atoms with Crippen LogP contribution in [0.2, 0.25) is 0 Å². The summed E-state index contributed by atoms with van der Waals surface area (Å²) in [6.07, 6.45) is 0. The molecule has 1 unspecified atom stereocenters. The van der Waals surface area contributed by atoms with Crippen LogP contribution in [0.5, 0.6) is 5.75 Å². The van der Waals surface area contributed by atoms with Gasteiger partial charge in [-0.3, -0.25) is 0 Å². The van der Waals surface area contributed by atoms with Gasteiger partial charge < -0.3 is 15.7 Å². The maximum atomic E-state index is 8.98. The molecule has 0 saturated carbocycles. The van der Waals surface area contributed by atoms with Crippen LogP contribution in [0.25, 0.3) is 0 Å². The van der Waals surface area contributed by atoms with E-state index in [0.29, 0.717) is 5.75 Å². The second kappa shape index (κ2) is 7.59. The number of hydrogen-bond acceptors (Lipinski definition) is 4. The summed E-state index contributed by atoms with van der Waals surface area (Å²) in [6, 6.07) is 17.6. The molecule has 0 amide bonds. The Labute approximate surface area is 128 Å². The highest BCUT2D eigenvalue weighted by molar-refractivity contribution is 7.99. The predicted molar refractivity (Wildman–Crippen MR) is 86.3 cm³/mol. The molecule has 0 saturated heterocycles. The van der Waals surface area contributed by atoms with Gasteiger partial charge in [-0.15, -0.1) is 11.8 Å². The summed E-state index contributed by atoms with van der Waals surface area (Å²) in [6.45, 7) is 0. The Morgan fingerprint density at radius 1 is 1.24 bits per heavy atom. The van der Waals surface area contributed by atoms with Crippen molar-refractivity contribution in [1.82, 2.24) is 0 Å². The maximum absolute atomic E-state index is 8.98. The minimum atomic E-state index is -0.132. The average Bonchev–Trinajstić information content (AvgIpc) is 2.56. The zero-order valence-corrected chi connectivity index (χ0v) is 12.6. The summed E-state index contributed by atoms with van der Waals surface area (Å²) < 4.78 is 5.21. The van der Waals surface area contributed by atoms with Gasteiger partial charge in [-0.2, -0.15) is 0 Å². The lowest BCUT2D eigenvalue weighted by Gasteiger charge is -2.15. The average molecular weight is 302 g/mol. The molecule has 0 radical (unpaired) electrons. The molecule has 3 N–H and O–H groups in total. The molecule has 1 atom stereocenters. The molecule has 0 heterocycles. The van der Waals surface area contributed by atoms with Crippen LogP contribution in [0.15, 0.2) is 64.6 Å². The van der Waals surface area contributed by atoms with Crippen molar-refractivity contribution in [3.63, 3.8) is 0 Å². The van der Waals surface area contributed by atoms with E-state index in [1.54, 1.807) is 18.9 Å². The van der Waals surface area contributed by atoms with Gasteiger partial charge in [-0.05, 0) is 23.8 Å². The van der Waals surface area contributed by atoms with Crippen LogP contribution in [-0.2, 0) is 0 Å². The van der Waals surface area contributed by atoms with E-state index in [-0.39, 0.29) is 11.8 Å². The van der Waals surface area contributed by atoms with Gasteiger partial charge in [0.1, 0.15) is 11.6 Å². The quantitative estimate of drug-likeness (QED) is 0.282. The van der Waals surface area contributed by atoms with E-state index >= 15 is 0 Å². The number of amidine groups is 1. The van der Waals surface area contributed by atoms with Crippen LogP contribution in [-0.4, -0.2) is 23.9 Å². The molecule has 0 spiro atoms. The van der Waals surface area contributed by atoms with Crippen molar-refractivity contribution >= 4 is 17.6 Å². The monoisotopic (exact) mass is 302 g/mol. The van der Waals surface area contributed by atoms with E-state index in [0.717, 1.165) is 16.2 Å². The van der Waals surface area contributed by atoms with E-state index in [9.17, 15) is 0 Å². The number of oxime groups is 1. The zero-order valence-electron chi connectivity index (χ0n) is 11.8. The molecule has 4 nitrogen and oxygen atoms in total. The first kappa shape index (κ1) is 15.3. The summed E-state index contributed by atoms with van der Waals surface area (Å²) in [5, 5.41) is 12.1. The highest BCUT2D eigenvalue weighted by Gasteiger charge is 2.17. The van der Waals surface area contributed by atoms with Crippen LogP contribution < -0.4 is 10.5 Å². The second-order valence-electron chi connectivity index (χ2n) is 4.48. The Kier molecular flexibility index (Phi) is 5.51. The Bertz CT molecular complexity index is 602. The molecule has 2 rings (SSSR count). The van der Waals surface area contributed by atoms with E-state index in [2.05, 4.69) is 5.16 Å².